The Morgan fingerprint density at radius 1 is 0.344 bits per heavy atom. The van der Waals surface area contributed by atoms with E-state index in [0.717, 1.165) is 11.4 Å². The predicted molar refractivity (Wildman–Crippen MR) is 260 cm³/mol. The van der Waals surface area contributed by atoms with Gasteiger partial charge in [-0.2, -0.15) is 0 Å². The zero-order valence-electron chi connectivity index (χ0n) is 33.4. The number of rotatable bonds is 7. The first-order valence-corrected chi connectivity index (χ1v) is 21.8. The van der Waals surface area contributed by atoms with E-state index in [1.165, 1.54) is 92.3 Å². The van der Waals surface area contributed by atoms with E-state index in [1.54, 1.807) is 0 Å². The molecule has 0 radical (unpaired) electrons. The Balaban J connectivity index is 1.17. The standard InChI is InChI=1S/C59H39NS/c1-4-18-40(19-5-1)47-25-12-13-26-48(47)41-32-34-45(35-33-41)60(46-36-37-56-52(39-46)50-28-15-17-31-55(50)61-56)58-49-27-11-10-20-42(49)38-54-57(58)51-29-14-16-30-53(51)59(54,43-21-6-2-7-22-43)44-23-8-3-9-24-44/h1-39H. The van der Waals surface area contributed by atoms with Crippen LogP contribution in [0.1, 0.15) is 22.3 Å². The molecule has 2 heteroatoms. The second kappa shape index (κ2) is 14.3. The van der Waals surface area contributed by atoms with Gasteiger partial charge in [-0.05, 0) is 97.9 Å². The SMILES string of the molecule is c1ccc(-c2ccccc2-c2ccc(N(c3ccc4sc5ccccc5c4c3)c3c4c(cc5ccccc35)C(c3ccccc3)(c3ccccc3)c3ccccc3-4)cc2)cc1. The Bertz CT molecular complexity index is 3360. The summed E-state index contributed by atoms with van der Waals surface area (Å²) in [6.45, 7) is 0. The first-order chi connectivity index (χ1) is 30.3. The Hall–Kier alpha value is -7.52. The molecular weight excluding hydrogens is 755 g/mol. The summed E-state index contributed by atoms with van der Waals surface area (Å²) in [7, 11) is 0. The molecule has 11 aromatic rings. The van der Waals surface area contributed by atoms with Crippen LogP contribution in [0.4, 0.5) is 17.1 Å². The Labute approximate surface area is 360 Å². The summed E-state index contributed by atoms with van der Waals surface area (Å²) >= 11 is 1.86. The molecule has 286 valence electrons. The predicted octanol–water partition coefficient (Wildman–Crippen LogP) is 16.4. The van der Waals surface area contributed by atoms with Gasteiger partial charge in [0.25, 0.3) is 0 Å². The molecule has 0 fully saturated rings. The van der Waals surface area contributed by atoms with Gasteiger partial charge >= 0.3 is 0 Å². The molecule has 0 atom stereocenters. The van der Waals surface area contributed by atoms with E-state index in [-0.39, 0.29) is 0 Å². The summed E-state index contributed by atoms with van der Waals surface area (Å²) in [5.74, 6) is 0. The van der Waals surface area contributed by atoms with Crippen LogP contribution >= 0.6 is 11.3 Å². The van der Waals surface area contributed by atoms with Crippen LogP contribution in [0, 0.1) is 0 Å². The molecule has 0 amide bonds. The number of benzene rings is 10. The molecular formula is C59H39NS. The third-order valence-corrected chi connectivity index (χ3v) is 13.9. The molecule has 0 spiro atoms. The molecule has 0 N–H and O–H groups in total. The highest BCUT2D eigenvalue weighted by Crippen LogP contribution is 2.61. The van der Waals surface area contributed by atoms with Crippen LogP contribution in [0.2, 0.25) is 0 Å². The van der Waals surface area contributed by atoms with Crippen molar-refractivity contribution in [1.82, 2.24) is 0 Å². The highest BCUT2D eigenvalue weighted by atomic mass is 32.1. The second-order valence-corrected chi connectivity index (χ2v) is 17.1. The number of nitrogens with zero attached hydrogens (tertiary/aromatic N) is 1. The molecule has 61 heavy (non-hydrogen) atoms. The van der Waals surface area contributed by atoms with Gasteiger partial charge in [-0.25, -0.2) is 0 Å². The molecule has 0 aliphatic heterocycles. The number of fused-ring (bicyclic) bond motifs is 7. The summed E-state index contributed by atoms with van der Waals surface area (Å²) in [5, 5.41) is 4.98. The van der Waals surface area contributed by atoms with Gasteiger partial charge in [0, 0.05) is 42.5 Å². The summed E-state index contributed by atoms with van der Waals surface area (Å²) in [6.07, 6.45) is 0. The zero-order chi connectivity index (χ0) is 40.3. The van der Waals surface area contributed by atoms with Crippen molar-refractivity contribution < 1.29 is 0 Å². The fraction of sp³-hybridized carbons (Fsp3) is 0.0169. The van der Waals surface area contributed by atoms with Crippen LogP contribution in [0.15, 0.2) is 237 Å². The molecule has 0 unspecified atom stereocenters. The number of hydrogen-bond acceptors (Lipinski definition) is 2. The lowest BCUT2D eigenvalue weighted by Gasteiger charge is -2.35. The average Bonchev–Trinajstić information content (AvgIpc) is 3.86. The summed E-state index contributed by atoms with van der Waals surface area (Å²) in [5.41, 5.74) is 15.3. The highest BCUT2D eigenvalue weighted by Gasteiger charge is 2.48. The molecule has 0 saturated heterocycles. The van der Waals surface area contributed by atoms with Gasteiger partial charge in [0.1, 0.15) is 0 Å². The topological polar surface area (TPSA) is 3.24 Å². The molecule has 1 aromatic heterocycles. The van der Waals surface area contributed by atoms with Crippen LogP contribution < -0.4 is 4.90 Å². The van der Waals surface area contributed by atoms with Crippen molar-refractivity contribution in [2.24, 2.45) is 0 Å². The molecule has 0 saturated carbocycles. The molecule has 1 heterocycles. The molecule has 1 aliphatic rings. The van der Waals surface area contributed by atoms with Crippen molar-refractivity contribution in [3.63, 3.8) is 0 Å². The molecule has 10 aromatic carbocycles. The fourth-order valence-corrected chi connectivity index (χ4v) is 11.2. The molecule has 1 aliphatic carbocycles. The van der Waals surface area contributed by atoms with Crippen LogP contribution in [-0.2, 0) is 5.41 Å². The maximum atomic E-state index is 2.54. The van der Waals surface area contributed by atoms with E-state index in [9.17, 15) is 0 Å². The van der Waals surface area contributed by atoms with Gasteiger partial charge in [-0.3, -0.25) is 0 Å². The fourth-order valence-electron chi connectivity index (χ4n) is 10.1. The van der Waals surface area contributed by atoms with E-state index in [1.807, 2.05) is 11.3 Å². The van der Waals surface area contributed by atoms with E-state index in [2.05, 4.69) is 241 Å². The lowest BCUT2D eigenvalue weighted by Crippen LogP contribution is -2.28. The Kier molecular flexibility index (Phi) is 8.33. The normalized spacial score (nSPS) is 12.7. The van der Waals surface area contributed by atoms with E-state index < -0.39 is 5.41 Å². The van der Waals surface area contributed by atoms with Crippen LogP contribution in [0.25, 0.3) is 64.3 Å². The van der Waals surface area contributed by atoms with Crippen molar-refractivity contribution >= 4 is 59.3 Å². The van der Waals surface area contributed by atoms with Crippen molar-refractivity contribution in [3.8, 4) is 33.4 Å². The summed E-state index contributed by atoms with van der Waals surface area (Å²) < 4.78 is 2.59. The summed E-state index contributed by atoms with van der Waals surface area (Å²) in [6, 6.07) is 87.4. The minimum absolute atomic E-state index is 0.544. The van der Waals surface area contributed by atoms with E-state index in [0.29, 0.717) is 0 Å². The average molecular weight is 794 g/mol. The number of anilines is 3. The molecule has 12 rings (SSSR count). The zero-order valence-corrected chi connectivity index (χ0v) is 34.2. The third-order valence-electron chi connectivity index (χ3n) is 12.7. The van der Waals surface area contributed by atoms with Crippen LogP contribution in [0.5, 0.6) is 0 Å². The van der Waals surface area contributed by atoms with Gasteiger partial charge in [0.2, 0.25) is 0 Å². The minimum Gasteiger partial charge on any atom is -0.309 e. The quantitative estimate of drug-likeness (QED) is 0.155. The van der Waals surface area contributed by atoms with Gasteiger partial charge in [0.15, 0.2) is 0 Å². The summed E-state index contributed by atoms with van der Waals surface area (Å²) in [4.78, 5) is 2.54. The Morgan fingerprint density at radius 3 is 1.57 bits per heavy atom. The lowest BCUT2D eigenvalue weighted by atomic mass is 9.67. The van der Waals surface area contributed by atoms with Gasteiger partial charge < -0.3 is 4.90 Å². The first kappa shape index (κ1) is 35.4. The van der Waals surface area contributed by atoms with Crippen molar-refractivity contribution in [2.45, 2.75) is 5.41 Å². The largest absolute Gasteiger partial charge is 0.309 e. The van der Waals surface area contributed by atoms with Gasteiger partial charge in [-0.15, -0.1) is 11.3 Å². The van der Waals surface area contributed by atoms with Crippen molar-refractivity contribution in [3.05, 3.63) is 259 Å². The van der Waals surface area contributed by atoms with Crippen molar-refractivity contribution in [2.75, 3.05) is 4.90 Å². The van der Waals surface area contributed by atoms with Crippen LogP contribution in [0.3, 0.4) is 0 Å². The van der Waals surface area contributed by atoms with Crippen LogP contribution in [-0.4, -0.2) is 0 Å². The maximum absolute atomic E-state index is 2.54. The monoisotopic (exact) mass is 793 g/mol. The minimum atomic E-state index is -0.544. The van der Waals surface area contributed by atoms with E-state index >= 15 is 0 Å². The second-order valence-electron chi connectivity index (χ2n) is 16.0. The van der Waals surface area contributed by atoms with Gasteiger partial charge in [-0.1, -0.05) is 194 Å². The number of hydrogen-bond donors (Lipinski definition) is 0. The smallest absolute Gasteiger partial charge is 0.0714 e. The third kappa shape index (κ3) is 5.53. The van der Waals surface area contributed by atoms with Crippen molar-refractivity contribution in [1.29, 1.82) is 0 Å². The number of thiophene rings is 1. The first-order valence-electron chi connectivity index (χ1n) is 21.0. The van der Waals surface area contributed by atoms with Gasteiger partial charge in [0.05, 0.1) is 11.1 Å². The van der Waals surface area contributed by atoms with E-state index in [4.69, 9.17) is 0 Å². The lowest BCUT2D eigenvalue weighted by molar-refractivity contribution is 0.769. The molecule has 0 bridgehead atoms. The highest BCUT2D eigenvalue weighted by molar-refractivity contribution is 7.25. The molecule has 1 nitrogen and oxygen atoms in total. The Morgan fingerprint density at radius 2 is 0.869 bits per heavy atom. The maximum Gasteiger partial charge on any atom is 0.0714 e.